The van der Waals surface area contributed by atoms with Crippen molar-refractivity contribution in [2.75, 3.05) is 26.6 Å². The molecule has 0 unspecified atom stereocenters. The van der Waals surface area contributed by atoms with Gasteiger partial charge in [-0.2, -0.15) is 5.10 Å². The quantitative estimate of drug-likeness (QED) is 0.648. The zero-order valence-corrected chi connectivity index (χ0v) is 17.4. The molecular formula is C23H25N3O4. The summed E-state index contributed by atoms with van der Waals surface area (Å²) in [6, 6.07) is 13.4. The summed E-state index contributed by atoms with van der Waals surface area (Å²) < 4.78 is 18.0. The summed E-state index contributed by atoms with van der Waals surface area (Å²) in [4.78, 5) is 13.0. The predicted octanol–water partition coefficient (Wildman–Crippen LogP) is 3.57. The number of nitrogens with one attached hydrogen (secondary N) is 1. The minimum atomic E-state index is -0.129. The molecule has 0 saturated carbocycles. The van der Waals surface area contributed by atoms with Crippen LogP contribution in [-0.4, -0.2) is 37.0 Å². The summed E-state index contributed by atoms with van der Waals surface area (Å²) in [5.74, 6) is 2.18. The van der Waals surface area contributed by atoms with E-state index in [2.05, 4.69) is 5.32 Å². The number of rotatable bonds is 7. The highest BCUT2D eigenvalue weighted by Crippen LogP contribution is 2.38. The van der Waals surface area contributed by atoms with Gasteiger partial charge in [0.05, 0.1) is 39.1 Å². The van der Waals surface area contributed by atoms with Crippen LogP contribution in [0.2, 0.25) is 0 Å². The number of hydrogen-bond acceptors (Lipinski definition) is 5. The summed E-state index contributed by atoms with van der Waals surface area (Å²) in [5.41, 5.74) is 3.87. The van der Waals surface area contributed by atoms with Crippen LogP contribution in [0.1, 0.15) is 23.2 Å². The van der Waals surface area contributed by atoms with Crippen LogP contribution in [0.25, 0.3) is 5.69 Å². The second kappa shape index (κ2) is 8.49. The van der Waals surface area contributed by atoms with Crippen LogP contribution in [0.15, 0.2) is 42.5 Å². The van der Waals surface area contributed by atoms with Crippen LogP contribution in [-0.2, 0) is 24.1 Å². The SMILES string of the molecule is COc1cc(CC(=O)Nc2c3c(nn2-c2ccccc2)CCC3)cc(OC)c1OC. The highest BCUT2D eigenvalue weighted by molar-refractivity contribution is 5.93. The van der Waals surface area contributed by atoms with E-state index in [1.165, 1.54) is 0 Å². The largest absolute Gasteiger partial charge is 0.493 e. The van der Waals surface area contributed by atoms with E-state index in [4.69, 9.17) is 19.3 Å². The maximum Gasteiger partial charge on any atom is 0.229 e. The number of aryl methyl sites for hydroxylation is 1. The first-order valence-corrected chi connectivity index (χ1v) is 9.89. The van der Waals surface area contributed by atoms with Crippen molar-refractivity contribution in [3.63, 3.8) is 0 Å². The van der Waals surface area contributed by atoms with Gasteiger partial charge in [0.25, 0.3) is 0 Å². The van der Waals surface area contributed by atoms with Crippen LogP contribution < -0.4 is 19.5 Å². The van der Waals surface area contributed by atoms with Crippen molar-refractivity contribution in [1.82, 2.24) is 9.78 Å². The third-order valence-corrected chi connectivity index (χ3v) is 5.25. The number of methoxy groups -OCH3 is 3. The molecule has 1 heterocycles. The molecule has 0 saturated heterocycles. The Kier molecular flexibility index (Phi) is 5.61. The Hall–Kier alpha value is -3.48. The Morgan fingerprint density at radius 2 is 1.73 bits per heavy atom. The van der Waals surface area contributed by atoms with E-state index < -0.39 is 0 Å². The number of aromatic nitrogens is 2. The summed E-state index contributed by atoms with van der Waals surface area (Å²) in [7, 11) is 4.67. The number of fused-ring (bicyclic) bond motifs is 1. The van der Waals surface area contributed by atoms with E-state index in [0.29, 0.717) is 17.2 Å². The fraction of sp³-hybridized carbons (Fsp3) is 0.304. The van der Waals surface area contributed by atoms with Crippen molar-refractivity contribution >= 4 is 11.7 Å². The normalized spacial score (nSPS) is 12.4. The van der Waals surface area contributed by atoms with Gasteiger partial charge < -0.3 is 19.5 Å². The zero-order chi connectivity index (χ0) is 21.1. The molecule has 2 aromatic carbocycles. The van der Waals surface area contributed by atoms with Gasteiger partial charge in [-0.25, -0.2) is 4.68 Å². The Balaban J connectivity index is 1.61. The number of carbonyl (C=O) groups is 1. The van der Waals surface area contributed by atoms with E-state index in [1.54, 1.807) is 33.5 Å². The Bertz CT molecular complexity index is 1030. The molecule has 7 nitrogen and oxygen atoms in total. The lowest BCUT2D eigenvalue weighted by Crippen LogP contribution is -2.18. The third kappa shape index (κ3) is 3.70. The number of nitrogens with zero attached hydrogens (tertiary/aromatic N) is 2. The van der Waals surface area contributed by atoms with Crippen LogP contribution in [0.5, 0.6) is 17.2 Å². The molecule has 1 aliphatic carbocycles. The number of carbonyl (C=O) groups excluding carboxylic acids is 1. The topological polar surface area (TPSA) is 74.6 Å². The van der Waals surface area contributed by atoms with Crippen molar-refractivity contribution in [2.24, 2.45) is 0 Å². The van der Waals surface area contributed by atoms with E-state index >= 15 is 0 Å². The molecule has 156 valence electrons. The molecule has 7 heteroatoms. The number of ether oxygens (including phenoxy) is 3. The van der Waals surface area contributed by atoms with E-state index in [0.717, 1.165) is 47.6 Å². The number of benzene rings is 2. The molecule has 1 aromatic heterocycles. The van der Waals surface area contributed by atoms with Gasteiger partial charge >= 0.3 is 0 Å². The third-order valence-electron chi connectivity index (χ3n) is 5.25. The molecular weight excluding hydrogens is 382 g/mol. The average molecular weight is 407 g/mol. The lowest BCUT2D eigenvalue weighted by Gasteiger charge is -2.15. The molecule has 1 amide bonds. The molecule has 30 heavy (non-hydrogen) atoms. The van der Waals surface area contributed by atoms with Crippen molar-refractivity contribution in [3.8, 4) is 22.9 Å². The number of hydrogen-bond donors (Lipinski definition) is 1. The molecule has 0 fully saturated rings. The highest BCUT2D eigenvalue weighted by atomic mass is 16.5. The monoisotopic (exact) mass is 407 g/mol. The minimum Gasteiger partial charge on any atom is -0.493 e. The first-order chi connectivity index (χ1) is 14.6. The molecule has 0 bridgehead atoms. The fourth-order valence-electron chi connectivity index (χ4n) is 3.88. The fourth-order valence-corrected chi connectivity index (χ4v) is 3.88. The molecule has 3 aromatic rings. The smallest absolute Gasteiger partial charge is 0.229 e. The van der Waals surface area contributed by atoms with Crippen LogP contribution in [0.3, 0.4) is 0 Å². The van der Waals surface area contributed by atoms with Crippen LogP contribution in [0.4, 0.5) is 5.82 Å². The van der Waals surface area contributed by atoms with Crippen LogP contribution >= 0.6 is 0 Å². The first kappa shape index (κ1) is 19.8. The molecule has 1 N–H and O–H groups in total. The van der Waals surface area contributed by atoms with Gasteiger partial charge in [-0.1, -0.05) is 18.2 Å². The van der Waals surface area contributed by atoms with E-state index in [9.17, 15) is 4.79 Å². The molecule has 0 spiro atoms. The number of amides is 1. The zero-order valence-electron chi connectivity index (χ0n) is 17.4. The standard InChI is InChI=1S/C23H25N3O4/c1-28-19-12-15(13-20(29-2)22(19)30-3)14-21(27)24-23-17-10-7-11-18(17)25-26(23)16-8-5-4-6-9-16/h4-6,8-9,12-13H,7,10-11,14H2,1-3H3,(H,24,27). The summed E-state index contributed by atoms with van der Waals surface area (Å²) in [6.45, 7) is 0. The van der Waals surface area contributed by atoms with Gasteiger partial charge in [0, 0.05) is 5.56 Å². The average Bonchev–Trinajstić information content (AvgIpc) is 3.36. The number of para-hydroxylation sites is 1. The summed E-state index contributed by atoms with van der Waals surface area (Å²) in [6.07, 6.45) is 3.08. The first-order valence-electron chi connectivity index (χ1n) is 9.89. The van der Waals surface area contributed by atoms with E-state index in [1.807, 2.05) is 35.0 Å². The summed E-state index contributed by atoms with van der Waals surface area (Å²) in [5, 5.41) is 7.83. The van der Waals surface area contributed by atoms with Gasteiger partial charge in [-0.05, 0) is 49.1 Å². The Morgan fingerprint density at radius 1 is 1.03 bits per heavy atom. The Morgan fingerprint density at radius 3 is 2.37 bits per heavy atom. The lowest BCUT2D eigenvalue weighted by atomic mass is 10.1. The van der Waals surface area contributed by atoms with Gasteiger partial charge in [0.2, 0.25) is 11.7 Å². The maximum absolute atomic E-state index is 13.0. The minimum absolute atomic E-state index is 0.129. The Labute approximate surface area is 175 Å². The van der Waals surface area contributed by atoms with Gasteiger partial charge in [-0.3, -0.25) is 4.79 Å². The highest BCUT2D eigenvalue weighted by Gasteiger charge is 2.24. The second-order valence-electron chi connectivity index (χ2n) is 7.13. The van der Waals surface area contributed by atoms with Crippen molar-refractivity contribution < 1.29 is 19.0 Å². The maximum atomic E-state index is 13.0. The molecule has 4 rings (SSSR count). The van der Waals surface area contributed by atoms with Crippen molar-refractivity contribution in [2.45, 2.75) is 25.7 Å². The molecule has 0 aliphatic heterocycles. The molecule has 0 atom stereocenters. The predicted molar refractivity (Wildman–Crippen MR) is 114 cm³/mol. The van der Waals surface area contributed by atoms with Gasteiger partial charge in [0.15, 0.2) is 11.5 Å². The number of anilines is 1. The van der Waals surface area contributed by atoms with Gasteiger partial charge in [-0.15, -0.1) is 0 Å². The molecule has 1 aliphatic rings. The van der Waals surface area contributed by atoms with Crippen molar-refractivity contribution in [3.05, 3.63) is 59.3 Å². The van der Waals surface area contributed by atoms with Gasteiger partial charge in [0.1, 0.15) is 5.82 Å². The van der Waals surface area contributed by atoms with E-state index in [-0.39, 0.29) is 12.3 Å². The lowest BCUT2D eigenvalue weighted by molar-refractivity contribution is -0.115. The van der Waals surface area contributed by atoms with Crippen molar-refractivity contribution in [1.29, 1.82) is 0 Å². The summed E-state index contributed by atoms with van der Waals surface area (Å²) >= 11 is 0. The second-order valence-corrected chi connectivity index (χ2v) is 7.13. The van der Waals surface area contributed by atoms with Crippen LogP contribution in [0, 0.1) is 0 Å². The molecule has 0 radical (unpaired) electrons.